The topological polar surface area (TPSA) is 82.9 Å². The van der Waals surface area contributed by atoms with Gasteiger partial charge in [0, 0.05) is 18.0 Å². The predicted molar refractivity (Wildman–Crippen MR) is 72.9 cm³/mol. The van der Waals surface area contributed by atoms with Crippen LogP contribution in [0.3, 0.4) is 0 Å². The summed E-state index contributed by atoms with van der Waals surface area (Å²) >= 11 is 1.47. The number of thiazole rings is 1. The van der Waals surface area contributed by atoms with E-state index in [0.29, 0.717) is 18.1 Å². The van der Waals surface area contributed by atoms with Crippen molar-refractivity contribution in [2.75, 3.05) is 26.3 Å². The predicted octanol–water partition coefficient (Wildman–Crippen LogP) is -0.174. The highest BCUT2D eigenvalue weighted by Gasteiger charge is 2.32. The molecule has 1 saturated heterocycles. The molecule has 2 N–H and O–H groups in total. The highest BCUT2D eigenvalue weighted by atomic mass is 32.1. The molecule has 1 aliphatic heterocycles. The number of hydrogen-bond acceptors (Lipinski definition) is 6. The summed E-state index contributed by atoms with van der Waals surface area (Å²) in [5, 5.41) is 18.9. The SMILES string of the molecule is O=C(c1nc2c(s1)CCC2)N1C[C@@H](CO)O[C@H](CO)C1. The summed E-state index contributed by atoms with van der Waals surface area (Å²) in [6.07, 6.45) is 2.23. The number of amides is 1. The summed E-state index contributed by atoms with van der Waals surface area (Å²) in [5.41, 5.74) is 1.06. The first-order valence-corrected chi connectivity index (χ1v) is 7.68. The highest BCUT2D eigenvalue weighted by molar-refractivity contribution is 7.13. The number of aromatic nitrogens is 1. The second-order valence-corrected chi connectivity index (χ2v) is 6.28. The molecule has 7 heteroatoms. The zero-order valence-electron chi connectivity index (χ0n) is 11.1. The molecule has 2 aliphatic rings. The fourth-order valence-electron chi connectivity index (χ4n) is 2.71. The third-order valence-electron chi connectivity index (χ3n) is 3.71. The van der Waals surface area contributed by atoms with Gasteiger partial charge in [-0.3, -0.25) is 4.79 Å². The molecule has 0 unspecified atom stereocenters. The Labute approximate surface area is 121 Å². The van der Waals surface area contributed by atoms with Crippen LogP contribution >= 0.6 is 11.3 Å². The Bertz CT molecular complexity index is 471. The van der Waals surface area contributed by atoms with Crippen LogP contribution in [0.2, 0.25) is 0 Å². The van der Waals surface area contributed by atoms with Crippen LogP contribution < -0.4 is 0 Å². The molecule has 1 aliphatic carbocycles. The van der Waals surface area contributed by atoms with Gasteiger partial charge in [-0.1, -0.05) is 0 Å². The van der Waals surface area contributed by atoms with E-state index in [1.54, 1.807) is 4.90 Å². The summed E-state index contributed by atoms with van der Waals surface area (Å²) < 4.78 is 5.45. The van der Waals surface area contributed by atoms with Crippen LogP contribution in [0, 0.1) is 0 Å². The number of carbonyl (C=O) groups excluding carboxylic acids is 1. The standard InChI is InChI=1S/C13H18N2O4S/c16-6-8-4-15(5-9(7-17)19-8)13(18)12-14-10-2-1-3-11(10)20-12/h8-9,16-17H,1-7H2/t8-,9-/m0/s1. The molecule has 1 aromatic rings. The Hall–Kier alpha value is -1.02. The second-order valence-electron chi connectivity index (χ2n) is 5.20. The number of hydrogen-bond donors (Lipinski definition) is 2. The molecule has 1 amide bonds. The van der Waals surface area contributed by atoms with Gasteiger partial charge in [0.2, 0.25) is 0 Å². The van der Waals surface area contributed by atoms with Gasteiger partial charge >= 0.3 is 0 Å². The first kappa shape index (κ1) is 13.9. The number of carbonyl (C=O) groups is 1. The van der Waals surface area contributed by atoms with E-state index in [9.17, 15) is 15.0 Å². The lowest BCUT2D eigenvalue weighted by Gasteiger charge is -2.36. The molecule has 0 bridgehead atoms. The van der Waals surface area contributed by atoms with Crippen LogP contribution in [0.4, 0.5) is 0 Å². The summed E-state index contributed by atoms with van der Waals surface area (Å²) in [6.45, 7) is 0.370. The Morgan fingerprint density at radius 3 is 2.60 bits per heavy atom. The monoisotopic (exact) mass is 298 g/mol. The smallest absolute Gasteiger partial charge is 0.283 e. The van der Waals surface area contributed by atoms with Gasteiger partial charge in [0.15, 0.2) is 5.01 Å². The number of aryl methyl sites for hydroxylation is 2. The molecule has 1 fully saturated rings. The minimum absolute atomic E-state index is 0.121. The number of aliphatic hydroxyl groups is 2. The summed E-state index contributed by atoms with van der Waals surface area (Å²) in [7, 11) is 0. The van der Waals surface area contributed by atoms with E-state index in [2.05, 4.69) is 4.98 Å². The van der Waals surface area contributed by atoms with Gasteiger partial charge in [-0.15, -0.1) is 11.3 Å². The third kappa shape index (κ3) is 2.58. The van der Waals surface area contributed by atoms with Gasteiger partial charge in [-0.05, 0) is 19.3 Å². The van der Waals surface area contributed by atoms with E-state index in [4.69, 9.17) is 4.74 Å². The third-order valence-corrected chi connectivity index (χ3v) is 4.85. The molecule has 20 heavy (non-hydrogen) atoms. The van der Waals surface area contributed by atoms with E-state index >= 15 is 0 Å². The van der Waals surface area contributed by atoms with Gasteiger partial charge in [-0.25, -0.2) is 4.98 Å². The van der Waals surface area contributed by atoms with Crippen LogP contribution in [0.25, 0.3) is 0 Å². The molecule has 6 nitrogen and oxygen atoms in total. The molecular formula is C13H18N2O4S. The molecule has 2 heterocycles. The second kappa shape index (κ2) is 5.77. The lowest BCUT2D eigenvalue weighted by Crippen LogP contribution is -2.52. The first-order valence-electron chi connectivity index (χ1n) is 6.86. The zero-order chi connectivity index (χ0) is 14.1. The number of fused-ring (bicyclic) bond motifs is 1. The van der Waals surface area contributed by atoms with E-state index in [1.165, 1.54) is 16.2 Å². The number of ether oxygens (including phenoxy) is 1. The van der Waals surface area contributed by atoms with E-state index in [0.717, 1.165) is 25.0 Å². The summed E-state index contributed by atoms with van der Waals surface area (Å²) in [6, 6.07) is 0. The van der Waals surface area contributed by atoms with Crippen molar-refractivity contribution in [1.82, 2.24) is 9.88 Å². The fraction of sp³-hybridized carbons (Fsp3) is 0.692. The molecule has 3 rings (SSSR count). The molecule has 1 aromatic heterocycles. The fourth-order valence-corrected chi connectivity index (χ4v) is 3.83. The van der Waals surface area contributed by atoms with Crippen molar-refractivity contribution < 1.29 is 19.7 Å². The quantitative estimate of drug-likeness (QED) is 0.809. The van der Waals surface area contributed by atoms with E-state index in [-0.39, 0.29) is 19.1 Å². The molecule has 2 atom stereocenters. The normalized spacial score (nSPS) is 25.8. The lowest BCUT2D eigenvalue weighted by atomic mass is 10.2. The maximum absolute atomic E-state index is 12.5. The minimum Gasteiger partial charge on any atom is -0.394 e. The Morgan fingerprint density at radius 1 is 1.30 bits per heavy atom. The van der Waals surface area contributed by atoms with Crippen molar-refractivity contribution in [1.29, 1.82) is 0 Å². The van der Waals surface area contributed by atoms with Crippen molar-refractivity contribution >= 4 is 17.2 Å². The first-order chi connectivity index (χ1) is 9.71. The van der Waals surface area contributed by atoms with Gasteiger partial charge in [0.25, 0.3) is 5.91 Å². The van der Waals surface area contributed by atoms with Gasteiger partial charge in [-0.2, -0.15) is 0 Å². The van der Waals surface area contributed by atoms with Crippen molar-refractivity contribution in [3.05, 3.63) is 15.6 Å². The molecule has 0 saturated carbocycles. The van der Waals surface area contributed by atoms with Crippen molar-refractivity contribution in [3.63, 3.8) is 0 Å². The zero-order valence-corrected chi connectivity index (χ0v) is 11.9. The Morgan fingerprint density at radius 2 is 2.00 bits per heavy atom. The van der Waals surface area contributed by atoms with E-state index in [1.807, 2.05) is 0 Å². The van der Waals surface area contributed by atoms with Crippen molar-refractivity contribution in [3.8, 4) is 0 Å². The largest absolute Gasteiger partial charge is 0.394 e. The van der Waals surface area contributed by atoms with Crippen LogP contribution in [0.15, 0.2) is 0 Å². The number of rotatable bonds is 3. The van der Waals surface area contributed by atoms with Gasteiger partial charge in [0.1, 0.15) is 0 Å². The molecule has 0 radical (unpaired) electrons. The Balaban J connectivity index is 1.74. The molecule has 0 aromatic carbocycles. The van der Waals surface area contributed by atoms with E-state index < -0.39 is 12.2 Å². The average molecular weight is 298 g/mol. The van der Waals surface area contributed by atoms with Crippen LogP contribution in [0.1, 0.15) is 26.8 Å². The number of aliphatic hydroxyl groups excluding tert-OH is 2. The summed E-state index contributed by atoms with van der Waals surface area (Å²) in [5.74, 6) is -0.121. The maximum atomic E-state index is 12.5. The minimum atomic E-state index is -0.434. The average Bonchev–Trinajstić information content (AvgIpc) is 3.07. The molecule has 110 valence electrons. The van der Waals surface area contributed by atoms with Crippen LogP contribution in [-0.4, -0.2) is 64.5 Å². The Kier molecular flexibility index (Phi) is 4.02. The van der Waals surface area contributed by atoms with Gasteiger partial charge < -0.3 is 19.8 Å². The number of nitrogens with zero attached hydrogens (tertiary/aromatic N) is 2. The van der Waals surface area contributed by atoms with Crippen LogP contribution in [-0.2, 0) is 17.6 Å². The van der Waals surface area contributed by atoms with Crippen molar-refractivity contribution in [2.24, 2.45) is 0 Å². The number of morpholine rings is 1. The van der Waals surface area contributed by atoms with Gasteiger partial charge in [0.05, 0.1) is 31.1 Å². The highest BCUT2D eigenvalue weighted by Crippen LogP contribution is 2.28. The van der Waals surface area contributed by atoms with Crippen LogP contribution in [0.5, 0.6) is 0 Å². The lowest BCUT2D eigenvalue weighted by molar-refractivity contribution is -0.108. The summed E-state index contributed by atoms with van der Waals surface area (Å²) in [4.78, 5) is 19.8. The van der Waals surface area contributed by atoms with Crippen molar-refractivity contribution in [2.45, 2.75) is 31.5 Å². The molecular weight excluding hydrogens is 280 g/mol. The molecule has 0 spiro atoms. The maximum Gasteiger partial charge on any atom is 0.283 e.